The van der Waals surface area contributed by atoms with Crippen LogP contribution in [-0.4, -0.2) is 27.1 Å². The van der Waals surface area contributed by atoms with Crippen LogP contribution < -0.4 is 24.8 Å². The van der Waals surface area contributed by atoms with Gasteiger partial charge >= 0.3 is 0 Å². The number of hydrogen-bond donors (Lipinski definition) is 2. The zero-order chi connectivity index (χ0) is 23.7. The van der Waals surface area contributed by atoms with Gasteiger partial charge in [-0.05, 0) is 36.1 Å². The summed E-state index contributed by atoms with van der Waals surface area (Å²) < 4.78 is 16.8. The Bertz CT molecular complexity index is 1250. The normalized spacial score (nSPS) is 19.2. The van der Waals surface area contributed by atoms with Gasteiger partial charge in [-0.15, -0.1) is 0 Å². The van der Waals surface area contributed by atoms with Crippen molar-refractivity contribution >= 4 is 17.2 Å². The van der Waals surface area contributed by atoms with Gasteiger partial charge in [0, 0.05) is 29.3 Å². The molecule has 0 saturated heterocycles. The largest absolute Gasteiger partial charge is 0.496 e. The Morgan fingerprint density at radius 2 is 1.41 bits per heavy atom. The van der Waals surface area contributed by atoms with Crippen LogP contribution in [0.5, 0.6) is 17.2 Å². The van der Waals surface area contributed by atoms with E-state index in [9.17, 15) is 4.79 Å². The molecule has 0 radical (unpaired) electrons. The predicted molar refractivity (Wildman–Crippen MR) is 133 cm³/mol. The fourth-order valence-corrected chi connectivity index (χ4v) is 4.96. The van der Waals surface area contributed by atoms with E-state index in [2.05, 4.69) is 22.8 Å². The van der Waals surface area contributed by atoms with Gasteiger partial charge in [-0.3, -0.25) is 4.79 Å². The Hall–Kier alpha value is -3.93. The zero-order valence-corrected chi connectivity index (χ0v) is 19.6. The van der Waals surface area contributed by atoms with Gasteiger partial charge in [0.25, 0.3) is 0 Å². The van der Waals surface area contributed by atoms with Crippen LogP contribution >= 0.6 is 0 Å². The molecule has 1 heterocycles. The fourth-order valence-electron chi connectivity index (χ4n) is 4.96. The number of ketones is 1. The first-order valence-corrected chi connectivity index (χ1v) is 11.4. The number of hydrogen-bond acceptors (Lipinski definition) is 6. The summed E-state index contributed by atoms with van der Waals surface area (Å²) in [4.78, 5) is 13.7. The smallest absolute Gasteiger partial charge is 0.164 e. The average molecular weight is 457 g/mol. The fraction of sp³-hybridized carbons (Fsp3) is 0.250. The lowest BCUT2D eigenvalue weighted by Gasteiger charge is -2.30. The van der Waals surface area contributed by atoms with Crippen LogP contribution in [0.25, 0.3) is 0 Å². The van der Waals surface area contributed by atoms with Gasteiger partial charge in [-0.25, -0.2) is 0 Å². The molecule has 2 atom stereocenters. The lowest BCUT2D eigenvalue weighted by molar-refractivity contribution is -0.116. The number of ether oxygens (including phenoxy) is 3. The van der Waals surface area contributed by atoms with Crippen LogP contribution in [0.2, 0.25) is 0 Å². The monoisotopic (exact) mass is 456 g/mol. The van der Waals surface area contributed by atoms with Crippen LogP contribution in [0.4, 0.5) is 11.4 Å². The third kappa shape index (κ3) is 3.85. The lowest BCUT2D eigenvalue weighted by atomic mass is 9.78. The Balaban J connectivity index is 1.67. The quantitative estimate of drug-likeness (QED) is 0.514. The molecule has 174 valence electrons. The second kappa shape index (κ2) is 9.14. The number of carbonyl (C=O) groups is 1. The van der Waals surface area contributed by atoms with E-state index in [-0.39, 0.29) is 11.7 Å². The molecule has 0 saturated carbocycles. The maximum Gasteiger partial charge on any atom is 0.164 e. The van der Waals surface area contributed by atoms with Gasteiger partial charge < -0.3 is 24.8 Å². The molecule has 0 amide bonds. The summed E-state index contributed by atoms with van der Waals surface area (Å²) in [6.07, 6.45) is 1.20. The van der Waals surface area contributed by atoms with E-state index in [0.29, 0.717) is 23.7 Å². The number of anilines is 2. The van der Waals surface area contributed by atoms with E-state index in [1.807, 2.05) is 48.5 Å². The van der Waals surface area contributed by atoms with E-state index in [4.69, 9.17) is 14.2 Å². The SMILES string of the molecule is COc1cc(OC)c(C2Nc3ccccc3NC3=C2C(=O)CC(c2ccccc2)C3)cc1OC. The number of allylic oxidation sites excluding steroid dienone is 1. The lowest BCUT2D eigenvalue weighted by Crippen LogP contribution is -2.27. The highest BCUT2D eigenvalue weighted by Gasteiger charge is 2.37. The molecule has 0 aromatic heterocycles. The maximum atomic E-state index is 13.7. The van der Waals surface area contributed by atoms with Crippen molar-refractivity contribution in [3.63, 3.8) is 0 Å². The molecule has 1 aliphatic carbocycles. The third-order valence-corrected chi connectivity index (χ3v) is 6.63. The minimum atomic E-state index is -0.412. The van der Waals surface area contributed by atoms with E-state index < -0.39 is 6.04 Å². The van der Waals surface area contributed by atoms with Crippen molar-refractivity contribution in [2.45, 2.75) is 24.8 Å². The molecule has 0 bridgehead atoms. The van der Waals surface area contributed by atoms with Crippen LogP contribution in [0, 0.1) is 0 Å². The van der Waals surface area contributed by atoms with Gasteiger partial charge in [-0.1, -0.05) is 42.5 Å². The summed E-state index contributed by atoms with van der Waals surface area (Å²) in [6.45, 7) is 0. The van der Waals surface area contributed by atoms with Crippen LogP contribution in [0.15, 0.2) is 78.0 Å². The van der Waals surface area contributed by atoms with Crippen molar-refractivity contribution < 1.29 is 19.0 Å². The highest BCUT2D eigenvalue weighted by atomic mass is 16.5. The molecule has 0 spiro atoms. The van der Waals surface area contributed by atoms with Gasteiger partial charge in [0.05, 0.1) is 38.7 Å². The van der Waals surface area contributed by atoms with Gasteiger partial charge in [0.2, 0.25) is 0 Å². The van der Waals surface area contributed by atoms with Crippen molar-refractivity contribution in [3.8, 4) is 17.2 Å². The first-order chi connectivity index (χ1) is 16.6. The number of rotatable bonds is 5. The van der Waals surface area contributed by atoms with Crippen LogP contribution in [0.1, 0.15) is 35.9 Å². The summed E-state index contributed by atoms with van der Waals surface area (Å²) in [7, 11) is 4.82. The summed E-state index contributed by atoms with van der Waals surface area (Å²) in [5, 5.41) is 7.19. The first-order valence-electron chi connectivity index (χ1n) is 11.4. The molecule has 2 N–H and O–H groups in total. The van der Waals surface area contributed by atoms with Crippen molar-refractivity contribution in [2.75, 3.05) is 32.0 Å². The Morgan fingerprint density at radius 1 is 0.765 bits per heavy atom. The number of Topliss-reactive ketones (excluding diaryl/α,β-unsaturated/α-hetero) is 1. The minimum Gasteiger partial charge on any atom is -0.496 e. The maximum absolute atomic E-state index is 13.7. The number of para-hydroxylation sites is 2. The molecule has 1 aliphatic heterocycles. The summed E-state index contributed by atoms with van der Waals surface area (Å²) >= 11 is 0. The molecule has 6 nitrogen and oxygen atoms in total. The highest BCUT2D eigenvalue weighted by molar-refractivity contribution is 6.01. The number of nitrogens with one attached hydrogen (secondary N) is 2. The van der Waals surface area contributed by atoms with Gasteiger partial charge in [-0.2, -0.15) is 0 Å². The summed E-state index contributed by atoms with van der Waals surface area (Å²) in [6, 6.07) is 21.6. The van der Waals surface area contributed by atoms with Gasteiger partial charge in [0.1, 0.15) is 5.75 Å². The topological polar surface area (TPSA) is 68.8 Å². The molecule has 0 fully saturated rings. The number of fused-ring (bicyclic) bond motifs is 1. The van der Waals surface area contributed by atoms with Crippen LogP contribution in [-0.2, 0) is 4.79 Å². The average Bonchev–Trinajstić information content (AvgIpc) is 3.05. The Morgan fingerprint density at radius 3 is 2.12 bits per heavy atom. The van der Waals surface area contributed by atoms with Crippen molar-refractivity contribution in [1.82, 2.24) is 0 Å². The zero-order valence-electron chi connectivity index (χ0n) is 19.6. The summed E-state index contributed by atoms with van der Waals surface area (Å²) in [5.74, 6) is 2.02. The standard InChI is InChI=1S/C28H28N2O4/c1-32-24-16-26(34-3)25(33-2)15-19(24)28-27-22(29-20-11-7-8-12-21(20)30-28)13-18(14-23(27)31)17-9-5-4-6-10-17/h4-12,15-16,18,28-30H,13-14H2,1-3H3. The minimum absolute atomic E-state index is 0.116. The third-order valence-electron chi connectivity index (χ3n) is 6.63. The second-order valence-electron chi connectivity index (χ2n) is 8.53. The molecule has 2 unspecified atom stereocenters. The number of methoxy groups -OCH3 is 3. The predicted octanol–water partition coefficient (Wildman–Crippen LogP) is 5.69. The van der Waals surface area contributed by atoms with E-state index in [0.717, 1.165) is 34.6 Å². The molecular formula is C28H28N2O4. The van der Waals surface area contributed by atoms with E-state index in [1.54, 1.807) is 27.4 Å². The van der Waals surface area contributed by atoms with Crippen molar-refractivity contribution in [1.29, 1.82) is 0 Å². The van der Waals surface area contributed by atoms with E-state index >= 15 is 0 Å². The number of benzene rings is 3. The van der Waals surface area contributed by atoms with E-state index in [1.165, 1.54) is 5.56 Å². The molecule has 2 aliphatic rings. The molecule has 3 aromatic carbocycles. The number of carbonyl (C=O) groups excluding carboxylic acids is 1. The Labute approximate surface area is 199 Å². The Kier molecular flexibility index (Phi) is 5.88. The van der Waals surface area contributed by atoms with Gasteiger partial charge in [0.15, 0.2) is 17.3 Å². The molecule has 6 heteroatoms. The summed E-state index contributed by atoms with van der Waals surface area (Å²) in [5.41, 5.74) is 5.52. The first kappa shape index (κ1) is 21.9. The van der Waals surface area contributed by atoms with Crippen LogP contribution in [0.3, 0.4) is 0 Å². The van der Waals surface area contributed by atoms with Crippen molar-refractivity contribution in [2.24, 2.45) is 0 Å². The highest BCUT2D eigenvalue weighted by Crippen LogP contribution is 2.47. The molecule has 5 rings (SSSR count). The molecular weight excluding hydrogens is 428 g/mol. The second-order valence-corrected chi connectivity index (χ2v) is 8.53. The molecule has 34 heavy (non-hydrogen) atoms. The van der Waals surface area contributed by atoms with Crippen molar-refractivity contribution in [3.05, 3.63) is 89.1 Å². The molecule has 3 aromatic rings.